The third-order valence-electron chi connectivity index (χ3n) is 4.17. The first-order valence-corrected chi connectivity index (χ1v) is 10.3. The van der Waals surface area contributed by atoms with Gasteiger partial charge in [0.15, 0.2) is 0 Å². The Morgan fingerprint density at radius 2 is 2.12 bits per heavy atom. The highest BCUT2D eigenvalue weighted by molar-refractivity contribution is 7.99. The van der Waals surface area contributed by atoms with Gasteiger partial charge in [-0.2, -0.15) is 4.31 Å². The first-order chi connectivity index (χ1) is 11.5. The molecule has 0 N–H and O–H groups in total. The van der Waals surface area contributed by atoms with Crippen molar-refractivity contribution in [3.63, 3.8) is 0 Å². The molecule has 24 heavy (non-hydrogen) atoms. The standard InChI is InChI=1S/C17H21NO4S2/c1-13-12-14(5-6-15(13)21-2)24(19,20)18-8-7-17(23-11-9-18)16-4-3-10-22-16/h3-6,10,12,17H,7-9,11H2,1-2H3. The quantitative estimate of drug-likeness (QED) is 0.828. The van der Waals surface area contributed by atoms with Gasteiger partial charge in [-0.25, -0.2) is 8.42 Å². The predicted molar refractivity (Wildman–Crippen MR) is 95.0 cm³/mol. The normalized spacial score (nSPS) is 19.8. The smallest absolute Gasteiger partial charge is 0.243 e. The highest BCUT2D eigenvalue weighted by Gasteiger charge is 2.29. The maximum Gasteiger partial charge on any atom is 0.243 e. The lowest BCUT2D eigenvalue weighted by Gasteiger charge is -2.20. The van der Waals surface area contributed by atoms with Gasteiger partial charge >= 0.3 is 0 Å². The molecule has 1 aliphatic rings. The molecule has 2 heterocycles. The zero-order valence-electron chi connectivity index (χ0n) is 13.8. The summed E-state index contributed by atoms with van der Waals surface area (Å²) in [6, 6.07) is 8.82. The van der Waals surface area contributed by atoms with E-state index in [1.165, 1.54) is 0 Å². The van der Waals surface area contributed by atoms with Gasteiger partial charge in [-0.1, -0.05) is 0 Å². The molecule has 1 aliphatic heterocycles. The number of thioether (sulfide) groups is 1. The minimum atomic E-state index is -3.49. The van der Waals surface area contributed by atoms with Crippen LogP contribution in [-0.2, 0) is 10.0 Å². The Morgan fingerprint density at radius 1 is 1.29 bits per heavy atom. The van der Waals surface area contributed by atoms with E-state index < -0.39 is 10.0 Å². The van der Waals surface area contributed by atoms with Gasteiger partial charge in [0.25, 0.3) is 0 Å². The Morgan fingerprint density at radius 3 is 2.79 bits per heavy atom. The van der Waals surface area contributed by atoms with Gasteiger partial charge in [0.05, 0.1) is 23.5 Å². The minimum absolute atomic E-state index is 0.206. The third kappa shape index (κ3) is 3.48. The molecule has 0 amide bonds. The molecule has 3 rings (SSSR count). The molecule has 0 bridgehead atoms. The third-order valence-corrected chi connectivity index (χ3v) is 7.35. The Labute approximate surface area is 147 Å². The van der Waals surface area contributed by atoms with Crippen LogP contribution in [0.1, 0.15) is 23.0 Å². The van der Waals surface area contributed by atoms with Gasteiger partial charge in [0.2, 0.25) is 10.0 Å². The number of aryl methyl sites for hydroxylation is 1. The zero-order chi connectivity index (χ0) is 17.2. The van der Waals surface area contributed by atoms with E-state index in [1.54, 1.807) is 47.6 Å². The molecule has 1 unspecified atom stereocenters. The number of sulfonamides is 1. The van der Waals surface area contributed by atoms with Crippen molar-refractivity contribution in [2.24, 2.45) is 0 Å². The Bertz CT molecular complexity index is 787. The van der Waals surface area contributed by atoms with Crippen molar-refractivity contribution in [1.29, 1.82) is 0 Å². The molecule has 0 radical (unpaired) electrons. The highest BCUT2D eigenvalue weighted by Crippen LogP contribution is 2.36. The van der Waals surface area contributed by atoms with Crippen molar-refractivity contribution < 1.29 is 17.6 Å². The molecule has 1 atom stereocenters. The summed E-state index contributed by atoms with van der Waals surface area (Å²) < 4.78 is 38.1. The van der Waals surface area contributed by atoms with Crippen LogP contribution in [0.4, 0.5) is 0 Å². The molecule has 0 aliphatic carbocycles. The number of ether oxygens (including phenoxy) is 1. The van der Waals surface area contributed by atoms with E-state index in [9.17, 15) is 8.42 Å². The molecule has 2 aromatic rings. The Hall–Kier alpha value is -1.44. The molecule has 1 aromatic heterocycles. The summed E-state index contributed by atoms with van der Waals surface area (Å²) in [7, 11) is -1.91. The van der Waals surface area contributed by atoms with Crippen molar-refractivity contribution in [3.8, 4) is 5.75 Å². The maximum atomic E-state index is 12.9. The van der Waals surface area contributed by atoms with Gasteiger partial charge in [0, 0.05) is 18.8 Å². The van der Waals surface area contributed by atoms with Crippen LogP contribution in [0.2, 0.25) is 0 Å². The molecule has 1 fully saturated rings. The Balaban J connectivity index is 1.79. The van der Waals surface area contributed by atoms with Gasteiger partial charge in [0.1, 0.15) is 11.5 Å². The lowest BCUT2D eigenvalue weighted by Crippen LogP contribution is -2.33. The van der Waals surface area contributed by atoms with Crippen molar-refractivity contribution in [3.05, 3.63) is 47.9 Å². The maximum absolute atomic E-state index is 12.9. The molecular formula is C17H21NO4S2. The molecule has 0 spiro atoms. The van der Waals surface area contributed by atoms with Gasteiger partial charge < -0.3 is 9.15 Å². The van der Waals surface area contributed by atoms with Crippen LogP contribution in [0.15, 0.2) is 45.9 Å². The molecule has 5 nitrogen and oxygen atoms in total. The van der Waals surface area contributed by atoms with Gasteiger partial charge in [-0.05, 0) is 49.2 Å². The fourth-order valence-corrected chi connectivity index (χ4v) is 5.69. The SMILES string of the molecule is COc1ccc(S(=O)(=O)N2CCSC(c3ccco3)CC2)cc1C. The minimum Gasteiger partial charge on any atom is -0.496 e. The predicted octanol–water partition coefficient (Wildman–Crippen LogP) is 3.47. The Kier molecular flexibility index (Phi) is 5.22. The fraction of sp³-hybridized carbons (Fsp3) is 0.412. The van der Waals surface area contributed by atoms with Crippen LogP contribution < -0.4 is 4.74 Å². The number of rotatable bonds is 4. The summed E-state index contributed by atoms with van der Waals surface area (Å²) in [6.45, 7) is 2.85. The first kappa shape index (κ1) is 17.4. The van der Waals surface area contributed by atoms with Crippen LogP contribution in [0.3, 0.4) is 0 Å². The monoisotopic (exact) mass is 367 g/mol. The largest absolute Gasteiger partial charge is 0.496 e. The number of methoxy groups -OCH3 is 1. The number of hydrogen-bond donors (Lipinski definition) is 0. The van der Waals surface area contributed by atoms with Gasteiger partial charge in [-0.3, -0.25) is 0 Å². The van der Waals surface area contributed by atoms with E-state index >= 15 is 0 Å². The van der Waals surface area contributed by atoms with Crippen molar-refractivity contribution in [2.45, 2.75) is 23.5 Å². The van der Waals surface area contributed by atoms with E-state index in [2.05, 4.69) is 0 Å². The van der Waals surface area contributed by atoms with Crippen LogP contribution >= 0.6 is 11.8 Å². The molecule has 1 saturated heterocycles. The molecule has 0 saturated carbocycles. The van der Waals surface area contributed by atoms with Crippen molar-refractivity contribution >= 4 is 21.8 Å². The van der Waals surface area contributed by atoms with Gasteiger partial charge in [-0.15, -0.1) is 11.8 Å². The molecular weight excluding hydrogens is 346 g/mol. The fourth-order valence-electron chi connectivity index (χ4n) is 2.85. The van der Waals surface area contributed by atoms with E-state index in [0.29, 0.717) is 23.7 Å². The number of nitrogens with zero attached hydrogens (tertiary/aromatic N) is 1. The summed E-state index contributed by atoms with van der Waals surface area (Å²) in [5.41, 5.74) is 0.816. The average Bonchev–Trinajstić information content (AvgIpc) is 2.98. The van der Waals surface area contributed by atoms with Crippen LogP contribution in [0.5, 0.6) is 5.75 Å². The second-order valence-electron chi connectivity index (χ2n) is 5.70. The van der Waals surface area contributed by atoms with E-state index in [0.717, 1.165) is 23.5 Å². The zero-order valence-corrected chi connectivity index (χ0v) is 15.4. The number of benzene rings is 1. The van der Waals surface area contributed by atoms with Crippen LogP contribution in [-0.4, -0.2) is 38.7 Å². The summed E-state index contributed by atoms with van der Waals surface area (Å²) in [4.78, 5) is 0.322. The lowest BCUT2D eigenvalue weighted by molar-refractivity contribution is 0.409. The topological polar surface area (TPSA) is 59.8 Å². The second kappa shape index (κ2) is 7.21. The molecule has 130 valence electrons. The van der Waals surface area contributed by atoms with Crippen molar-refractivity contribution in [2.75, 3.05) is 26.0 Å². The van der Waals surface area contributed by atoms with E-state index in [4.69, 9.17) is 9.15 Å². The number of furan rings is 1. The van der Waals surface area contributed by atoms with E-state index in [-0.39, 0.29) is 5.25 Å². The van der Waals surface area contributed by atoms with E-state index in [1.807, 2.05) is 19.1 Å². The van der Waals surface area contributed by atoms with Crippen LogP contribution in [0.25, 0.3) is 0 Å². The summed E-state index contributed by atoms with van der Waals surface area (Å²) in [5, 5.41) is 0.206. The second-order valence-corrected chi connectivity index (χ2v) is 8.95. The number of hydrogen-bond acceptors (Lipinski definition) is 5. The van der Waals surface area contributed by atoms with Crippen molar-refractivity contribution in [1.82, 2.24) is 4.31 Å². The van der Waals surface area contributed by atoms with Crippen LogP contribution in [0, 0.1) is 6.92 Å². The molecule has 7 heteroatoms. The lowest BCUT2D eigenvalue weighted by atomic mass is 10.2. The first-order valence-electron chi connectivity index (χ1n) is 7.82. The summed E-state index contributed by atoms with van der Waals surface area (Å²) >= 11 is 1.75. The molecule has 1 aromatic carbocycles. The summed E-state index contributed by atoms with van der Waals surface area (Å²) in [5.74, 6) is 2.36. The summed E-state index contributed by atoms with van der Waals surface area (Å²) in [6.07, 6.45) is 2.40. The highest BCUT2D eigenvalue weighted by atomic mass is 32.2. The average molecular weight is 367 g/mol.